The fourth-order valence-electron chi connectivity index (χ4n) is 1.04. The summed E-state index contributed by atoms with van der Waals surface area (Å²) in [6.45, 7) is 0.217. The van der Waals surface area contributed by atoms with Crippen molar-refractivity contribution in [3.05, 3.63) is 0 Å². The molecule has 0 saturated carbocycles. The molecule has 0 bridgehead atoms. The summed E-state index contributed by atoms with van der Waals surface area (Å²) >= 11 is 0. The summed E-state index contributed by atoms with van der Waals surface area (Å²) in [5.74, 6) is -0.556. The molecule has 0 N–H and O–H groups in total. The average molecular weight is 169 g/mol. The Hall–Kier alpha value is -1.23. The van der Waals surface area contributed by atoms with E-state index in [0.717, 1.165) is 0 Å². The Labute approximate surface area is 70.6 Å². The normalized spacial score (nSPS) is 23.9. The predicted molar refractivity (Wildman–Crippen MR) is 43.8 cm³/mol. The number of hydrogen-bond acceptors (Lipinski definition) is 4. The van der Waals surface area contributed by atoms with Crippen LogP contribution in [0.5, 0.6) is 0 Å². The standard InChI is InChI=1S/C7H11N3O2/c1-8-6-5(11)4-9(2)10(3)7(6)12/h4H2,1-3H3/b8-6+. The van der Waals surface area contributed by atoms with Gasteiger partial charge < -0.3 is 0 Å². The molecule has 12 heavy (non-hydrogen) atoms. The van der Waals surface area contributed by atoms with E-state index >= 15 is 0 Å². The van der Waals surface area contributed by atoms with E-state index in [-0.39, 0.29) is 23.9 Å². The minimum atomic E-state index is -0.337. The Balaban J connectivity index is 2.95. The summed E-state index contributed by atoms with van der Waals surface area (Å²) in [7, 11) is 4.74. The topological polar surface area (TPSA) is 53.0 Å². The van der Waals surface area contributed by atoms with Gasteiger partial charge in [0.05, 0.1) is 6.54 Å². The van der Waals surface area contributed by atoms with E-state index in [1.54, 1.807) is 19.1 Å². The number of Topliss-reactive ketones (excluding diaryl/α,β-unsaturated/α-hetero) is 1. The van der Waals surface area contributed by atoms with Crippen LogP contribution in [0.2, 0.25) is 0 Å². The summed E-state index contributed by atoms with van der Waals surface area (Å²) in [6.07, 6.45) is 0. The number of hydrazine groups is 1. The highest BCUT2D eigenvalue weighted by Gasteiger charge is 2.31. The van der Waals surface area contributed by atoms with Gasteiger partial charge in [-0.3, -0.25) is 19.6 Å². The summed E-state index contributed by atoms with van der Waals surface area (Å²) in [4.78, 5) is 26.1. The van der Waals surface area contributed by atoms with Crippen LogP contribution in [0.1, 0.15) is 0 Å². The van der Waals surface area contributed by atoms with Gasteiger partial charge in [-0.15, -0.1) is 0 Å². The number of nitrogens with zero attached hydrogens (tertiary/aromatic N) is 3. The molecular formula is C7H11N3O2. The van der Waals surface area contributed by atoms with E-state index in [1.807, 2.05) is 0 Å². The van der Waals surface area contributed by atoms with Gasteiger partial charge in [0.2, 0.25) is 5.78 Å². The van der Waals surface area contributed by atoms with Crippen molar-refractivity contribution in [1.29, 1.82) is 0 Å². The zero-order valence-corrected chi connectivity index (χ0v) is 7.37. The maximum atomic E-state index is 11.3. The molecule has 1 aliphatic heterocycles. The van der Waals surface area contributed by atoms with E-state index in [2.05, 4.69) is 4.99 Å². The summed E-state index contributed by atoms with van der Waals surface area (Å²) in [5, 5.41) is 2.93. The molecule has 66 valence electrons. The minimum absolute atomic E-state index is 0.0376. The molecule has 1 saturated heterocycles. The van der Waals surface area contributed by atoms with Crippen LogP contribution in [0.15, 0.2) is 4.99 Å². The smallest absolute Gasteiger partial charge is 0.289 e. The molecule has 1 fully saturated rings. The first-order valence-corrected chi connectivity index (χ1v) is 3.57. The molecule has 0 aromatic rings. The van der Waals surface area contributed by atoms with Crippen molar-refractivity contribution in [2.45, 2.75) is 0 Å². The number of hydrogen-bond donors (Lipinski definition) is 0. The lowest BCUT2D eigenvalue weighted by Gasteiger charge is -2.31. The zero-order valence-electron chi connectivity index (χ0n) is 7.37. The third-order valence-corrected chi connectivity index (χ3v) is 1.87. The van der Waals surface area contributed by atoms with E-state index in [9.17, 15) is 9.59 Å². The molecule has 5 nitrogen and oxygen atoms in total. The van der Waals surface area contributed by atoms with E-state index in [0.29, 0.717) is 0 Å². The molecule has 0 unspecified atom stereocenters. The van der Waals surface area contributed by atoms with Gasteiger partial charge in [-0.2, -0.15) is 0 Å². The Morgan fingerprint density at radius 3 is 2.42 bits per heavy atom. The van der Waals surface area contributed by atoms with Crippen molar-refractivity contribution in [1.82, 2.24) is 10.0 Å². The average Bonchev–Trinajstić information content (AvgIpc) is 2.01. The van der Waals surface area contributed by atoms with Crippen LogP contribution < -0.4 is 0 Å². The Bertz CT molecular complexity index is 259. The fourth-order valence-corrected chi connectivity index (χ4v) is 1.04. The summed E-state index contributed by atoms with van der Waals surface area (Å²) in [6, 6.07) is 0. The monoisotopic (exact) mass is 169 g/mol. The number of amides is 1. The van der Waals surface area contributed by atoms with Gasteiger partial charge in [0, 0.05) is 21.1 Å². The lowest BCUT2D eigenvalue weighted by molar-refractivity contribution is -0.142. The Kier molecular flexibility index (Phi) is 2.23. The second-order valence-electron chi connectivity index (χ2n) is 2.64. The van der Waals surface area contributed by atoms with Crippen LogP contribution in [0.25, 0.3) is 0 Å². The van der Waals surface area contributed by atoms with Crippen molar-refractivity contribution in [2.75, 3.05) is 27.7 Å². The molecule has 0 radical (unpaired) electrons. The number of likely N-dealkylation sites (N-methyl/N-ethyl adjacent to an activating group) is 1. The van der Waals surface area contributed by atoms with Crippen molar-refractivity contribution < 1.29 is 9.59 Å². The summed E-state index contributed by atoms with van der Waals surface area (Å²) in [5.41, 5.74) is 0.0376. The second-order valence-corrected chi connectivity index (χ2v) is 2.64. The lowest BCUT2D eigenvalue weighted by atomic mass is 10.2. The molecule has 1 amide bonds. The molecule has 5 heteroatoms. The van der Waals surface area contributed by atoms with Gasteiger partial charge in [0.15, 0.2) is 5.71 Å². The van der Waals surface area contributed by atoms with Gasteiger partial charge >= 0.3 is 0 Å². The maximum Gasteiger partial charge on any atom is 0.289 e. The van der Waals surface area contributed by atoms with Gasteiger partial charge in [0.25, 0.3) is 5.91 Å². The van der Waals surface area contributed by atoms with Crippen molar-refractivity contribution >= 4 is 17.4 Å². The van der Waals surface area contributed by atoms with E-state index < -0.39 is 0 Å². The maximum absolute atomic E-state index is 11.3. The number of ketones is 1. The van der Waals surface area contributed by atoms with E-state index in [4.69, 9.17) is 0 Å². The highest BCUT2D eigenvalue weighted by atomic mass is 16.2. The highest BCUT2D eigenvalue weighted by molar-refractivity contribution is 6.66. The van der Waals surface area contributed by atoms with Crippen LogP contribution in [0.4, 0.5) is 0 Å². The van der Waals surface area contributed by atoms with Crippen molar-refractivity contribution in [2.24, 2.45) is 4.99 Å². The quantitative estimate of drug-likeness (QED) is 0.464. The minimum Gasteiger partial charge on any atom is -0.291 e. The number of rotatable bonds is 0. The third-order valence-electron chi connectivity index (χ3n) is 1.87. The molecule has 1 aliphatic rings. The zero-order chi connectivity index (χ0) is 9.30. The molecule has 1 heterocycles. The fraction of sp³-hybridized carbons (Fsp3) is 0.571. The second kappa shape index (κ2) is 3.02. The Morgan fingerprint density at radius 1 is 1.33 bits per heavy atom. The number of aliphatic imine (C=N–C) groups is 1. The lowest BCUT2D eigenvalue weighted by Crippen LogP contribution is -2.55. The van der Waals surface area contributed by atoms with Gasteiger partial charge in [0.1, 0.15) is 0 Å². The summed E-state index contributed by atoms with van der Waals surface area (Å²) < 4.78 is 0. The Morgan fingerprint density at radius 2 is 1.92 bits per heavy atom. The molecule has 0 atom stereocenters. The number of carbonyl (C=O) groups excluding carboxylic acids is 2. The molecular weight excluding hydrogens is 158 g/mol. The first-order chi connectivity index (χ1) is 5.57. The van der Waals surface area contributed by atoms with Crippen LogP contribution in [-0.2, 0) is 9.59 Å². The first kappa shape index (κ1) is 8.86. The molecule has 1 rings (SSSR count). The van der Waals surface area contributed by atoms with Gasteiger partial charge in [-0.25, -0.2) is 5.01 Å². The molecule has 0 aromatic carbocycles. The van der Waals surface area contributed by atoms with Gasteiger partial charge in [-0.1, -0.05) is 0 Å². The van der Waals surface area contributed by atoms with E-state index in [1.165, 1.54) is 12.1 Å². The molecule has 0 aliphatic carbocycles. The highest BCUT2D eigenvalue weighted by Crippen LogP contribution is 2.02. The largest absolute Gasteiger partial charge is 0.291 e. The van der Waals surface area contributed by atoms with Gasteiger partial charge in [-0.05, 0) is 0 Å². The van der Waals surface area contributed by atoms with Crippen LogP contribution in [0.3, 0.4) is 0 Å². The van der Waals surface area contributed by atoms with Crippen LogP contribution >= 0.6 is 0 Å². The number of carbonyl (C=O) groups is 2. The SMILES string of the molecule is C/N=C1\C(=O)CN(C)N(C)C1=O. The third kappa shape index (κ3) is 1.23. The van der Waals surface area contributed by atoms with Crippen LogP contribution in [0, 0.1) is 0 Å². The van der Waals surface area contributed by atoms with Crippen molar-refractivity contribution in [3.8, 4) is 0 Å². The first-order valence-electron chi connectivity index (χ1n) is 3.57. The van der Waals surface area contributed by atoms with Crippen LogP contribution in [-0.4, -0.2) is 55.1 Å². The van der Waals surface area contributed by atoms with Crippen molar-refractivity contribution in [3.63, 3.8) is 0 Å². The molecule has 0 spiro atoms. The molecule has 0 aromatic heterocycles. The predicted octanol–water partition coefficient (Wildman–Crippen LogP) is -1.05.